The van der Waals surface area contributed by atoms with Crippen molar-refractivity contribution in [2.45, 2.75) is 32.6 Å². The maximum atomic E-state index is 5.81. The minimum Gasteiger partial charge on any atom is -0.382 e. The summed E-state index contributed by atoms with van der Waals surface area (Å²) in [6, 6.07) is 8.08. The van der Waals surface area contributed by atoms with Crippen LogP contribution >= 0.6 is 0 Å². The second-order valence-electron chi connectivity index (χ2n) is 4.03. The van der Waals surface area contributed by atoms with Gasteiger partial charge < -0.3 is 5.73 Å². The summed E-state index contributed by atoms with van der Waals surface area (Å²) >= 11 is 0. The molecule has 16 heavy (non-hydrogen) atoms. The highest BCUT2D eigenvalue weighted by molar-refractivity contribution is 5.91. The van der Waals surface area contributed by atoms with Crippen molar-refractivity contribution in [3.05, 3.63) is 30.0 Å². The molecule has 0 atom stereocenters. The van der Waals surface area contributed by atoms with E-state index in [2.05, 4.69) is 23.2 Å². The minimum absolute atomic E-state index is 0.523. The predicted molar refractivity (Wildman–Crippen MR) is 67.2 cm³/mol. The van der Waals surface area contributed by atoms with Crippen LogP contribution in [0, 0.1) is 0 Å². The second kappa shape index (κ2) is 4.92. The molecular weight excluding hydrogens is 198 g/mol. The maximum Gasteiger partial charge on any atom is 0.153 e. The molecule has 0 aliphatic rings. The van der Waals surface area contributed by atoms with Crippen molar-refractivity contribution in [1.29, 1.82) is 0 Å². The van der Waals surface area contributed by atoms with Crippen molar-refractivity contribution in [2.75, 3.05) is 5.73 Å². The monoisotopic (exact) mass is 215 g/mol. The Balaban J connectivity index is 2.35. The van der Waals surface area contributed by atoms with Gasteiger partial charge in [0, 0.05) is 10.8 Å². The Hall–Kier alpha value is -1.64. The van der Waals surface area contributed by atoms with E-state index in [4.69, 9.17) is 5.73 Å². The van der Waals surface area contributed by atoms with E-state index < -0.39 is 0 Å². The Morgan fingerprint density at radius 2 is 1.81 bits per heavy atom. The smallest absolute Gasteiger partial charge is 0.153 e. The summed E-state index contributed by atoms with van der Waals surface area (Å²) < 4.78 is 0. The zero-order chi connectivity index (χ0) is 11.4. The number of benzene rings is 1. The van der Waals surface area contributed by atoms with Gasteiger partial charge in [0.15, 0.2) is 5.82 Å². The molecule has 3 heteroatoms. The lowest BCUT2D eigenvalue weighted by atomic mass is 10.1. The molecule has 2 aromatic rings. The summed E-state index contributed by atoms with van der Waals surface area (Å²) in [5.41, 5.74) is 6.87. The lowest BCUT2D eigenvalue weighted by molar-refractivity contribution is 0.704. The summed E-state index contributed by atoms with van der Waals surface area (Å²) in [7, 11) is 0. The molecule has 2 rings (SSSR count). The van der Waals surface area contributed by atoms with E-state index in [1.54, 1.807) is 0 Å². The lowest BCUT2D eigenvalue weighted by Crippen LogP contribution is -2.00. The Bertz CT molecular complexity index is 480. The second-order valence-corrected chi connectivity index (χ2v) is 4.03. The molecule has 3 nitrogen and oxygen atoms in total. The highest BCUT2D eigenvalue weighted by Crippen LogP contribution is 2.21. The Labute approximate surface area is 95.7 Å². The van der Waals surface area contributed by atoms with Gasteiger partial charge in [0.25, 0.3) is 0 Å². The van der Waals surface area contributed by atoms with E-state index in [0.29, 0.717) is 5.82 Å². The first-order chi connectivity index (χ1) is 7.83. The van der Waals surface area contributed by atoms with Gasteiger partial charge >= 0.3 is 0 Å². The number of unbranched alkanes of at least 4 members (excludes halogenated alkanes) is 2. The Kier molecular flexibility index (Phi) is 3.34. The topological polar surface area (TPSA) is 51.8 Å². The molecule has 0 bridgehead atoms. The van der Waals surface area contributed by atoms with Crippen LogP contribution in [0.3, 0.4) is 0 Å². The molecule has 0 saturated carbocycles. The first-order valence-corrected chi connectivity index (χ1v) is 5.82. The number of rotatable bonds is 4. The third-order valence-corrected chi connectivity index (χ3v) is 2.81. The molecule has 0 amide bonds. The first kappa shape index (κ1) is 10.9. The predicted octanol–water partition coefficient (Wildman–Crippen LogP) is 2.94. The summed E-state index contributed by atoms with van der Waals surface area (Å²) in [5.74, 6) is 0.523. The summed E-state index contributed by atoms with van der Waals surface area (Å²) in [6.07, 6.45) is 4.61. The Morgan fingerprint density at radius 1 is 1.06 bits per heavy atom. The van der Waals surface area contributed by atoms with Gasteiger partial charge in [0.2, 0.25) is 0 Å². The van der Waals surface area contributed by atoms with E-state index in [1.807, 2.05) is 18.2 Å². The fourth-order valence-electron chi connectivity index (χ4n) is 1.91. The van der Waals surface area contributed by atoms with Gasteiger partial charge in [-0.05, 0) is 12.8 Å². The summed E-state index contributed by atoms with van der Waals surface area (Å²) in [4.78, 5) is 0. The normalized spacial score (nSPS) is 10.8. The van der Waals surface area contributed by atoms with Crippen molar-refractivity contribution in [2.24, 2.45) is 0 Å². The van der Waals surface area contributed by atoms with Gasteiger partial charge in [0.05, 0.1) is 5.69 Å². The molecule has 0 spiro atoms. The number of nitrogen functional groups attached to an aromatic ring is 1. The molecule has 1 heterocycles. The highest BCUT2D eigenvalue weighted by atomic mass is 15.1. The minimum atomic E-state index is 0.523. The van der Waals surface area contributed by atoms with Crippen LogP contribution in [-0.2, 0) is 6.42 Å². The highest BCUT2D eigenvalue weighted by Gasteiger charge is 2.05. The zero-order valence-corrected chi connectivity index (χ0v) is 9.61. The molecule has 0 aliphatic heterocycles. The third kappa shape index (κ3) is 2.13. The number of anilines is 1. The van der Waals surface area contributed by atoms with E-state index in [1.165, 1.54) is 19.3 Å². The van der Waals surface area contributed by atoms with Crippen molar-refractivity contribution in [1.82, 2.24) is 10.2 Å². The van der Waals surface area contributed by atoms with Crippen LogP contribution in [-0.4, -0.2) is 10.2 Å². The average Bonchev–Trinajstić information content (AvgIpc) is 2.33. The maximum absolute atomic E-state index is 5.81. The number of aryl methyl sites for hydroxylation is 1. The van der Waals surface area contributed by atoms with Crippen LogP contribution in [0.15, 0.2) is 24.3 Å². The SMILES string of the molecule is CCCCCc1nnc(N)c2ccccc12. The van der Waals surface area contributed by atoms with Gasteiger partial charge in [-0.1, -0.05) is 44.0 Å². The van der Waals surface area contributed by atoms with Gasteiger partial charge in [-0.3, -0.25) is 0 Å². The van der Waals surface area contributed by atoms with Crippen LogP contribution in [0.5, 0.6) is 0 Å². The molecule has 0 aliphatic carbocycles. The van der Waals surface area contributed by atoms with E-state index in [0.717, 1.165) is 22.9 Å². The van der Waals surface area contributed by atoms with Crippen molar-refractivity contribution < 1.29 is 0 Å². The zero-order valence-electron chi connectivity index (χ0n) is 9.61. The molecular formula is C13H17N3. The average molecular weight is 215 g/mol. The van der Waals surface area contributed by atoms with Crippen LogP contribution < -0.4 is 5.73 Å². The Morgan fingerprint density at radius 3 is 2.56 bits per heavy atom. The van der Waals surface area contributed by atoms with Gasteiger partial charge in [-0.25, -0.2) is 0 Å². The van der Waals surface area contributed by atoms with E-state index in [-0.39, 0.29) is 0 Å². The summed E-state index contributed by atoms with van der Waals surface area (Å²) in [6.45, 7) is 2.20. The van der Waals surface area contributed by atoms with Crippen molar-refractivity contribution >= 4 is 16.6 Å². The fraction of sp³-hybridized carbons (Fsp3) is 0.385. The molecule has 84 valence electrons. The van der Waals surface area contributed by atoms with E-state index in [9.17, 15) is 0 Å². The summed E-state index contributed by atoms with van der Waals surface area (Å²) in [5, 5.41) is 10.4. The number of nitrogens with two attached hydrogens (primary N) is 1. The first-order valence-electron chi connectivity index (χ1n) is 5.82. The van der Waals surface area contributed by atoms with Gasteiger partial charge in [0.1, 0.15) is 0 Å². The van der Waals surface area contributed by atoms with Crippen LogP contribution in [0.25, 0.3) is 10.8 Å². The fourth-order valence-corrected chi connectivity index (χ4v) is 1.91. The van der Waals surface area contributed by atoms with Crippen LogP contribution in [0.4, 0.5) is 5.82 Å². The number of nitrogens with zero attached hydrogens (tertiary/aromatic N) is 2. The molecule has 0 unspecified atom stereocenters. The molecule has 0 saturated heterocycles. The van der Waals surface area contributed by atoms with Crippen molar-refractivity contribution in [3.63, 3.8) is 0 Å². The number of hydrogen-bond acceptors (Lipinski definition) is 3. The number of hydrogen-bond donors (Lipinski definition) is 1. The molecule has 0 radical (unpaired) electrons. The quantitative estimate of drug-likeness (QED) is 0.798. The molecule has 2 N–H and O–H groups in total. The van der Waals surface area contributed by atoms with E-state index >= 15 is 0 Å². The molecule has 0 fully saturated rings. The van der Waals surface area contributed by atoms with Crippen LogP contribution in [0.1, 0.15) is 31.9 Å². The number of fused-ring (bicyclic) bond motifs is 1. The van der Waals surface area contributed by atoms with Crippen molar-refractivity contribution in [3.8, 4) is 0 Å². The number of aromatic nitrogens is 2. The standard InChI is InChI=1S/C13H17N3/c1-2-3-4-9-12-10-7-5-6-8-11(10)13(14)16-15-12/h5-8H,2-4,9H2,1H3,(H2,14,16). The lowest BCUT2D eigenvalue weighted by Gasteiger charge is -2.05. The van der Waals surface area contributed by atoms with Gasteiger partial charge in [-0.15, -0.1) is 5.10 Å². The molecule has 1 aromatic carbocycles. The third-order valence-electron chi connectivity index (χ3n) is 2.81. The molecule has 1 aromatic heterocycles. The largest absolute Gasteiger partial charge is 0.382 e. The van der Waals surface area contributed by atoms with Gasteiger partial charge in [-0.2, -0.15) is 5.10 Å². The van der Waals surface area contributed by atoms with Crippen LogP contribution in [0.2, 0.25) is 0 Å².